The Labute approximate surface area is 183 Å². The van der Waals surface area contributed by atoms with Gasteiger partial charge in [-0.3, -0.25) is 4.79 Å². The first-order valence-electron chi connectivity index (χ1n) is 10.6. The molecule has 0 radical (unpaired) electrons. The summed E-state index contributed by atoms with van der Waals surface area (Å²) >= 11 is 0. The van der Waals surface area contributed by atoms with Crippen LogP contribution >= 0.6 is 0 Å². The van der Waals surface area contributed by atoms with Crippen molar-refractivity contribution in [3.8, 4) is 16.9 Å². The van der Waals surface area contributed by atoms with E-state index in [4.69, 9.17) is 9.47 Å². The molecule has 4 rings (SSSR count). The van der Waals surface area contributed by atoms with Crippen LogP contribution in [0, 0.1) is 0 Å². The summed E-state index contributed by atoms with van der Waals surface area (Å²) in [6, 6.07) is 26.3. The molecule has 5 nitrogen and oxygen atoms in total. The molecular formula is C26H28N2O3. The van der Waals surface area contributed by atoms with Gasteiger partial charge < -0.3 is 19.3 Å². The number of nitrogens with zero attached hydrogens (tertiary/aromatic N) is 2. The summed E-state index contributed by atoms with van der Waals surface area (Å²) in [5.41, 5.74) is 4.34. The molecular weight excluding hydrogens is 388 g/mol. The molecule has 1 aliphatic rings. The number of anilines is 1. The van der Waals surface area contributed by atoms with Gasteiger partial charge >= 0.3 is 0 Å². The van der Waals surface area contributed by atoms with Crippen LogP contribution in [0.3, 0.4) is 0 Å². The van der Waals surface area contributed by atoms with E-state index in [2.05, 4.69) is 29.2 Å². The van der Waals surface area contributed by atoms with Crippen LogP contribution in [0.1, 0.15) is 5.56 Å². The van der Waals surface area contributed by atoms with Crippen molar-refractivity contribution in [1.29, 1.82) is 0 Å². The van der Waals surface area contributed by atoms with Gasteiger partial charge in [0.15, 0.2) is 6.61 Å². The summed E-state index contributed by atoms with van der Waals surface area (Å²) in [4.78, 5) is 16.7. The van der Waals surface area contributed by atoms with Crippen molar-refractivity contribution in [1.82, 2.24) is 4.90 Å². The third-order valence-electron chi connectivity index (χ3n) is 5.48. The van der Waals surface area contributed by atoms with Gasteiger partial charge in [-0.2, -0.15) is 0 Å². The first kappa shape index (κ1) is 20.9. The van der Waals surface area contributed by atoms with Crippen LogP contribution < -0.4 is 9.64 Å². The maximum atomic E-state index is 12.7. The Balaban J connectivity index is 1.33. The predicted molar refractivity (Wildman–Crippen MR) is 123 cm³/mol. The fourth-order valence-corrected chi connectivity index (χ4v) is 3.69. The number of benzene rings is 3. The van der Waals surface area contributed by atoms with Crippen molar-refractivity contribution in [2.75, 3.05) is 44.9 Å². The second kappa shape index (κ2) is 10.1. The zero-order chi connectivity index (χ0) is 21.5. The number of amides is 1. The van der Waals surface area contributed by atoms with Crippen molar-refractivity contribution >= 4 is 11.6 Å². The molecule has 3 aromatic carbocycles. The van der Waals surface area contributed by atoms with Crippen molar-refractivity contribution in [3.05, 3.63) is 84.4 Å². The van der Waals surface area contributed by atoms with Gasteiger partial charge in [0.25, 0.3) is 5.91 Å². The molecule has 3 aromatic rings. The zero-order valence-corrected chi connectivity index (χ0v) is 17.9. The minimum Gasteiger partial charge on any atom is -0.483 e. The lowest BCUT2D eigenvalue weighted by atomic mass is 10.1. The maximum absolute atomic E-state index is 12.7. The lowest BCUT2D eigenvalue weighted by Crippen LogP contribution is -2.36. The Kier molecular flexibility index (Phi) is 6.85. The first-order chi connectivity index (χ1) is 15.2. The maximum Gasteiger partial charge on any atom is 0.260 e. The lowest BCUT2D eigenvalue weighted by Gasteiger charge is -2.29. The normalized spacial score (nSPS) is 13.6. The van der Waals surface area contributed by atoms with E-state index in [1.54, 1.807) is 4.90 Å². The second-order valence-corrected chi connectivity index (χ2v) is 7.67. The van der Waals surface area contributed by atoms with E-state index in [9.17, 15) is 4.79 Å². The first-order valence-corrected chi connectivity index (χ1v) is 10.6. The summed E-state index contributed by atoms with van der Waals surface area (Å²) in [7, 11) is 1.81. The minimum atomic E-state index is -0.0554. The third kappa shape index (κ3) is 5.44. The van der Waals surface area contributed by atoms with Crippen LogP contribution in [-0.4, -0.2) is 50.8 Å². The summed E-state index contributed by atoms with van der Waals surface area (Å²) < 4.78 is 11.3. The number of hydrogen-bond donors (Lipinski definition) is 0. The average Bonchev–Trinajstić information content (AvgIpc) is 2.84. The van der Waals surface area contributed by atoms with Crippen LogP contribution in [0.4, 0.5) is 5.69 Å². The van der Waals surface area contributed by atoms with Crippen LogP contribution in [-0.2, 0) is 16.1 Å². The molecule has 0 bridgehead atoms. The van der Waals surface area contributed by atoms with E-state index < -0.39 is 0 Å². The third-order valence-corrected chi connectivity index (χ3v) is 5.48. The van der Waals surface area contributed by atoms with Gasteiger partial charge in [0.2, 0.25) is 0 Å². The van der Waals surface area contributed by atoms with E-state index in [1.165, 1.54) is 5.69 Å². The highest BCUT2D eigenvalue weighted by Crippen LogP contribution is 2.29. The zero-order valence-electron chi connectivity index (χ0n) is 17.9. The number of likely N-dealkylation sites (N-methyl/N-ethyl adjacent to an activating group) is 1. The lowest BCUT2D eigenvalue weighted by molar-refractivity contribution is -0.132. The summed E-state index contributed by atoms with van der Waals surface area (Å²) in [5, 5.41) is 0. The van der Waals surface area contributed by atoms with E-state index in [1.807, 2.05) is 61.6 Å². The van der Waals surface area contributed by atoms with E-state index in [-0.39, 0.29) is 12.5 Å². The Morgan fingerprint density at radius 1 is 0.935 bits per heavy atom. The summed E-state index contributed by atoms with van der Waals surface area (Å²) in [5.74, 6) is 0.658. The number of carbonyl (C=O) groups excluding carboxylic acids is 1. The highest BCUT2D eigenvalue weighted by atomic mass is 16.5. The second-order valence-electron chi connectivity index (χ2n) is 7.67. The van der Waals surface area contributed by atoms with Gasteiger partial charge in [0, 0.05) is 37.9 Å². The molecule has 1 aliphatic heterocycles. The number of hydrogen-bond acceptors (Lipinski definition) is 4. The van der Waals surface area contributed by atoms with Crippen molar-refractivity contribution in [2.45, 2.75) is 6.54 Å². The van der Waals surface area contributed by atoms with Gasteiger partial charge in [-0.1, -0.05) is 60.7 Å². The molecule has 160 valence electrons. The molecule has 31 heavy (non-hydrogen) atoms. The molecule has 0 N–H and O–H groups in total. The number of morpholine rings is 1. The highest BCUT2D eigenvalue weighted by molar-refractivity contribution is 5.78. The van der Waals surface area contributed by atoms with Crippen LogP contribution in [0.25, 0.3) is 11.1 Å². The van der Waals surface area contributed by atoms with Gasteiger partial charge in [0.05, 0.1) is 13.2 Å². The SMILES string of the molecule is CN(Cc1ccc(N2CCOCC2)cc1)C(=O)COc1ccccc1-c1ccccc1. The van der Waals surface area contributed by atoms with Crippen molar-refractivity contribution < 1.29 is 14.3 Å². The molecule has 0 atom stereocenters. The topological polar surface area (TPSA) is 42.0 Å². The largest absolute Gasteiger partial charge is 0.483 e. The van der Waals surface area contributed by atoms with Crippen molar-refractivity contribution in [2.24, 2.45) is 0 Å². The van der Waals surface area contributed by atoms with E-state index in [0.717, 1.165) is 43.0 Å². The molecule has 1 heterocycles. The fourth-order valence-electron chi connectivity index (χ4n) is 3.69. The molecule has 5 heteroatoms. The quantitative estimate of drug-likeness (QED) is 0.578. The molecule has 0 spiro atoms. The predicted octanol–water partition coefficient (Wildman–Crippen LogP) is 4.23. The van der Waals surface area contributed by atoms with E-state index >= 15 is 0 Å². The minimum absolute atomic E-state index is 0.00616. The number of rotatable bonds is 7. The van der Waals surface area contributed by atoms with Gasteiger partial charge in [0.1, 0.15) is 5.75 Å². The Bertz CT molecular complexity index is 983. The van der Waals surface area contributed by atoms with Gasteiger partial charge in [-0.15, -0.1) is 0 Å². The standard InChI is InChI=1S/C26H28N2O3/c1-27(19-21-11-13-23(14-12-21)28-15-17-30-18-16-28)26(29)20-31-25-10-6-5-9-24(25)22-7-3-2-4-8-22/h2-14H,15-20H2,1H3. The smallest absolute Gasteiger partial charge is 0.260 e. The molecule has 0 aromatic heterocycles. The highest BCUT2D eigenvalue weighted by Gasteiger charge is 2.14. The Morgan fingerprint density at radius 2 is 1.61 bits per heavy atom. The monoisotopic (exact) mass is 416 g/mol. The number of para-hydroxylation sites is 1. The molecule has 1 amide bonds. The fraction of sp³-hybridized carbons (Fsp3) is 0.269. The Hall–Kier alpha value is -3.31. The van der Waals surface area contributed by atoms with Crippen LogP contribution in [0.2, 0.25) is 0 Å². The molecule has 0 unspecified atom stereocenters. The van der Waals surface area contributed by atoms with Gasteiger partial charge in [-0.25, -0.2) is 0 Å². The summed E-state index contributed by atoms with van der Waals surface area (Å²) in [6.07, 6.45) is 0. The van der Waals surface area contributed by atoms with Crippen LogP contribution in [0.15, 0.2) is 78.9 Å². The average molecular weight is 417 g/mol. The number of ether oxygens (including phenoxy) is 2. The molecule has 0 aliphatic carbocycles. The molecule has 0 saturated carbocycles. The van der Waals surface area contributed by atoms with Crippen LogP contribution in [0.5, 0.6) is 5.75 Å². The van der Waals surface area contributed by atoms with Gasteiger partial charge in [-0.05, 0) is 29.3 Å². The van der Waals surface area contributed by atoms with E-state index in [0.29, 0.717) is 12.3 Å². The molecule has 1 fully saturated rings. The number of carbonyl (C=O) groups is 1. The Morgan fingerprint density at radius 3 is 2.35 bits per heavy atom. The van der Waals surface area contributed by atoms with Crippen molar-refractivity contribution in [3.63, 3.8) is 0 Å². The summed E-state index contributed by atoms with van der Waals surface area (Å²) in [6.45, 7) is 3.93. The molecule has 1 saturated heterocycles.